The van der Waals surface area contributed by atoms with E-state index in [1.54, 1.807) is 0 Å². The lowest BCUT2D eigenvalue weighted by molar-refractivity contribution is -0.577. The second-order valence-corrected chi connectivity index (χ2v) is 9.25. The molecular formula is C20H35NO5. The fourth-order valence-corrected chi connectivity index (χ4v) is 5.59. The Hall–Kier alpha value is -0.240. The summed E-state index contributed by atoms with van der Waals surface area (Å²) in [5, 5.41) is 3.39. The van der Waals surface area contributed by atoms with Crippen LogP contribution in [0.2, 0.25) is 0 Å². The number of fused-ring (bicyclic) bond motifs is 2. The molecule has 8 atom stereocenters. The predicted octanol–water partition coefficient (Wildman–Crippen LogP) is 3.21. The highest BCUT2D eigenvalue weighted by molar-refractivity contribution is 5.09. The highest BCUT2D eigenvalue weighted by Gasteiger charge is 2.69. The number of ether oxygens (including phenoxy) is 3. The Labute approximate surface area is 157 Å². The van der Waals surface area contributed by atoms with E-state index < -0.39 is 17.7 Å². The molecule has 6 heteroatoms. The Morgan fingerprint density at radius 2 is 1.92 bits per heavy atom. The number of rotatable bonds is 5. The van der Waals surface area contributed by atoms with Gasteiger partial charge in [0, 0.05) is 30.8 Å². The summed E-state index contributed by atoms with van der Waals surface area (Å²) in [5.74, 6) is 0.844. The molecule has 0 radical (unpaired) electrons. The van der Waals surface area contributed by atoms with Crippen LogP contribution in [0.15, 0.2) is 0 Å². The predicted molar refractivity (Wildman–Crippen MR) is 95.9 cm³/mol. The van der Waals surface area contributed by atoms with Gasteiger partial charge in [0.2, 0.25) is 5.79 Å². The van der Waals surface area contributed by atoms with Crippen LogP contribution in [-0.2, 0) is 24.0 Å². The third kappa shape index (κ3) is 3.03. The maximum atomic E-state index is 6.39. The van der Waals surface area contributed by atoms with Gasteiger partial charge in [-0.2, -0.15) is 0 Å². The fourth-order valence-electron chi connectivity index (χ4n) is 5.59. The third-order valence-corrected chi connectivity index (χ3v) is 7.03. The molecule has 4 heterocycles. The Kier molecular flexibility index (Phi) is 5.12. The molecule has 4 aliphatic heterocycles. The topological polar surface area (TPSA) is 58.2 Å². The SMILES string of the molecule is CC(C)NCCO[C@H]1O[C@@H]2O[C@@]3(C)CCC4[C@H](C)CCC([C@H]1C)[C@]42OO3. The van der Waals surface area contributed by atoms with Gasteiger partial charge < -0.3 is 19.5 Å². The van der Waals surface area contributed by atoms with E-state index in [9.17, 15) is 0 Å². The van der Waals surface area contributed by atoms with Crippen LogP contribution in [0.4, 0.5) is 0 Å². The van der Waals surface area contributed by atoms with Crippen LogP contribution >= 0.6 is 0 Å². The fraction of sp³-hybridized carbons (Fsp3) is 1.00. The van der Waals surface area contributed by atoms with Gasteiger partial charge in [-0.1, -0.05) is 27.7 Å². The van der Waals surface area contributed by atoms with E-state index in [1.165, 1.54) is 6.42 Å². The van der Waals surface area contributed by atoms with Gasteiger partial charge >= 0.3 is 0 Å². The maximum Gasteiger partial charge on any atom is 0.201 e. The average Bonchev–Trinajstić information content (AvgIpc) is 2.82. The molecule has 2 unspecified atom stereocenters. The zero-order valence-electron chi connectivity index (χ0n) is 16.8. The monoisotopic (exact) mass is 369 g/mol. The molecule has 0 aromatic carbocycles. The van der Waals surface area contributed by atoms with Crippen LogP contribution in [0.3, 0.4) is 0 Å². The average molecular weight is 370 g/mol. The molecule has 6 nitrogen and oxygen atoms in total. The zero-order chi connectivity index (χ0) is 18.5. The Morgan fingerprint density at radius 3 is 2.69 bits per heavy atom. The van der Waals surface area contributed by atoms with Crippen molar-refractivity contribution in [2.75, 3.05) is 13.2 Å². The molecule has 0 aromatic heterocycles. The minimum atomic E-state index is -0.720. The van der Waals surface area contributed by atoms with Crippen molar-refractivity contribution in [3.05, 3.63) is 0 Å². The van der Waals surface area contributed by atoms with Crippen molar-refractivity contribution >= 4 is 0 Å². The summed E-state index contributed by atoms with van der Waals surface area (Å²) in [6, 6.07) is 0.457. The molecule has 1 aliphatic carbocycles. The van der Waals surface area contributed by atoms with Crippen molar-refractivity contribution in [2.24, 2.45) is 23.7 Å². The Balaban J connectivity index is 1.54. The molecule has 1 spiro atoms. The van der Waals surface area contributed by atoms with Crippen LogP contribution in [0.1, 0.15) is 60.3 Å². The highest BCUT2D eigenvalue weighted by Crippen LogP contribution is 2.60. The van der Waals surface area contributed by atoms with E-state index in [0.29, 0.717) is 30.4 Å². The van der Waals surface area contributed by atoms with Crippen molar-refractivity contribution < 1.29 is 24.0 Å². The second kappa shape index (κ2) is 6.98. The molecule has 1 N–H and O–H groups in total. The van der Waals surface area contributed by atoms with Gasteiger partial charge in [0.05, 0.1) is 6.61 Å². The summed E-state index contributed by atoms with van der Waals surface area (Å²) in [5.41, 5.74) is -0.497. The third-order valence-electron chi connectivity index (χ3n) is 7.03. The molecule has 0 aromatic rings. The molecule has 26 heavy (non-hydrogen) atoms. The molecule has 2 bridgehead atoms. The maximum absolute atomic E-state index is 6.39. The normalized spacial score (nSPS) is 50.5. The van der Waals surface area contributed by atoms with Crippen molar-refractivity contribution in [2.45, 2.75) is 90.3 Å². The zero-order valence-corrected chi connectivity index (χ0v) is 16.8. The molecule has 150 valence electrons. The quantitative estimate of drug-likeness (QED) is 0.593. The van der Waals surface area contributed by atoms with Crippen molar-refractivity contribution in [3.63, 3.8) is 0 Å². The first kappa shape index (κ1) is 19.1. The van der Waals surface area contributed by atoms with Crippen molar-refractivity contribution in [3.8, 4) is 0 Å². The summed E-state index contributed by atoms with van der Waals surface area (Å²) in [6.07, 6.45) is 3.55. The van der Waals surface area contributed by atoms with E-state index >= 15 is 0 Å². The van der Waals surface area contributed by atoms with Gasteiger partial charge in [-0.15, -0.1) is 0 Å². The lowest BCUT2D eigenvalue weighted by Gasteiger charge is -2.60. The standard InChI is InChI=1S/C20H35NO5/c1-12(2)21-10-11-22-17-14(4)16-7-6-13(3)15-8-9-19(5)24-18(23-17)20(15,16)26-25-19/h12-18,21H,6-11H2,1-5H3/t13-,14-,15?,16?,17+,18-,19-,20-/m1/s1. The number of nitrogens with one attached hydrogen (secondary N) is 1. The van der Waals surface area contributed by atoms with Crippen molar-refractivity contribution in [1.29, 1.82) is 0 Å². The Bertz CT molecular complexity index is 516. The van der Waals surface area contributed by atoms with Gasteiger partial charge in [0.15, 0.2) is 18.2 Å². The van der Waals surface area contributed by atoms with Gasteiger partial charge in [0.25, 0.3) is 0 Å². The van der Waals surface area contributed by atoms with E-state index in [2.05, 4.69) is 33.0 Å². The first-order valence-corrected chi connectivity index (χ1v) is 10.4. The minimum Gasteiger partial charge on any atom is -0.351 e. The van der Waals surface area contributed by atoms with Crippen LogP contribution in [-0.4, -0.2) is 43.2 Å². The van der Waals surface area contributed by atoms with Gasteiger partial charge in [0.1, 0.15) is 0 Å². The Morgan fingerprint density at radius 1 is 1.12 bits per heavy atom. The molecule has 1 saturated carbocycles. The van der Waals surface area contributed by atoms with Gasteiger partial charge in [-0.05, 0) is 38.0 Å². The van der Waals surface area contributed by atoms with Gasteiger partial charge in [-0.3, -0.25) is 0 Å². The smallest absolute Gasteiger partial charge is 0.201 e. The summed E-state index contributed by atoms with van der Waals surface area (Å²) in [7, 11) is 0. The van der Waals surface area contributed by atoms with Crippen molar-refractivity contribution in [1.82, 2.24) is 5.32 Å². The van der Waals surface area contributed by atoms with Crippen LogP contribution < -0.4 is 5.32 Å². The molecule has 5 fully saturated rings. The lowest BCUT2D eigenvalue weighted by Crippen LogP contribution is -2.70. The first-order chi connectivity index (χ1) is 12.4. The highest BCUT2D eigenvalue weighted by atomic mass is 17.3. The van der Waals surface area contributed by atoms with E-state index in [4.69, 9.17) is 24.0 Å². The van der Waals surface area contributed by atoms with E-state index in [1.807, 2.05) is 6.92 Å². The summed E-state index contributed by atoms with van der Waals surface area (Å²) in [6.45, 7) is 12.3. The second-order valence-electron chi connectivity index (χ2n) is 9.25. The number of hydrogen-bond acceptors (Lipinski definition) is 6. The summed E-state index contributed by atoms with van der Waals surface area (Å²) >= 11 is 0. The molecule has 5 aliphatic rings. The number of hydrogen-bond donors (Lipinski definition) is 1. The van der Waals surface area contributed by atoms with Gasteiger partial charge in [-0.25, -0.2) is 9.78 Å². The molecule has 5 rings (SSSR count). The lowest BCUT2D eigenvalue weighted by atomic mass is 9.58. The molecule has 4 saturated heterocycles. The first-order valence-electron chi connectivity index (χ1n) is 10.4. The summed E-state index contributed by atoms with van der Waals surface area (Å²) < 4.78 is 18.9. The largest absolute Gasteiger partial charge is 0.351 e. The molecular weight excluding hydrogens is 334 g/mol. The summed E-state index contributed by atoms with van der Waals surface area (Å²) in [4.78, 5) is 12.0. The van der Waals surface area contributed by atoms with Crippen LogP contribution in [0.5, 0.6) is 0 Å². The van der Waals surface area contributed by atoms with E-state index in [-0.39, 0.29) is 12.2 Å². The molecule has 0 amide bonds. The van der Waals surface area contributed by atoms with Crippen LogP contribution in [0.25, 0.3) is 0 Å². The van der Waals surface area contributed by atoms with Crippen LogP contribution in [0, 0.1) is 23.7 Å². The van der Waals surface area contributed by atoms with E-state index in [0.717, 1.165) is 25.8 Å². The minimum absolute atomic E-state index is 0.245.